The number of ether oxygens (including phenoxy) is 1. The molecule has 0 radical (unpaired) electrons. The quantitative estimate of drug-likeness (QED) is 0.141. The Hall–Kier alpha value is -3.22. The van der Waals surface area contributed by atoms with Crippen molar-refractivity contribution in [3.63, 3.8) is 0 Å². The van der Waals surface area contributed by atoms with Crippen LogP contribution in [-0.2, 0) is 24.0 Å². The zero-order chi connectivity index (χ0) is 29.9. The number of carbonyl (C=O) groups is 4. The number of nitrogens with one attached hydrogen (secondary N) is 2. The normalized spacial score (nSPS) is 18.9. The van der Waals surface area contributed by atoms with Crippen molar-refractivity contribution in [3.8, 4) is 0 Å². The molecule has 0 spiro atoms. The third-order valence-corrected chi connectivity index (χ3v) is 10.1. The second kappa shape index (κ2) is 12.7. The predicted octanol–water partition coefficient (Wildman–Crippen LogP) is 2.92. The molecule has 2 aliphatic rings. The largest absolute Gasteiger partial charge is 0.477 e. The van der Waals surface area contributed by atoms with Crippen LogP contribution in [0.25, 0.3) is 0 Å². The third kappa shape index (κ3) is 6.99. The molecule has 1 saturated heterocycles. The number of carboxylic acids is 1. The van der Waals surface area contributed by atoms with Crippen molar-refractivity contribution in [2.45, 2.75) is 55.5 Å². The van der Waals surface area contributed by atoms with E-state index < -0.39 is 40.9 Å². The fourth-order valence-electron chi connectivity index (χ4n) is 3.66. The predicted molar refractivity (Wildman–Crippen MR) is 155 cm³/mol. The Kier molecular flexibility index (Phi) is 9.55. The van der Waals surface area contributed by atoms with Gasteiger partial charge >= 0.3 is 12.1 Å². The Morgan fingerprint density at radius 2 is 2.07 bits per heavy atom. The first-order chi connectivity index (χ1) is 19.4. The molecule has 2 aromatic heterocycles. The number of aliphatic carboxylic acids is 1. The summed E-state index contributed by atoms with van der Waals surface area (Å²) < 4.78 is 6.06. The number of hydrogen-bond acceptors (Lipinski definition) is 14. The fourth-order valence-corrected chi connectivity index (χ4v) is 7.64. The number of thioether (sulfide) groups is 2. The lowest BCUT2D eigenvalue weighted by atomic mass is 10.0. The van der Waals surface area contributed by atoms with E-state index in [4.69, 9.17) is 9.57 Å². The number of nitrogens with zero attached hydrogens (tertiary/aromatic N) is 5. The van der Waals surface area contributed by atoms with Crippen LogP contribution in [0, 0.1) is 6.92 Å². The van der Waals surface area contributed by atoms with Gasteiger partial charge < -0.3 is 20.0 Å². The summed E-state index contributed by atoms with van der Waals surface area (Å²) >= 11 is 5.16. The molecule has 0 bridgehead atoms. The fraction of sp³-hybridized carbons (Fsp3) is 0.478. The summed E-state index contributed by atoms with van der Waals surface area (Å²) in [6.45, 7) is 7.27. The number of anilines is 1. The lowest BCUT2D eigenvalue weighted by molar-refractivity contribution is -0.150. The van der Waals surface area contributed by atoms with E-state index >= 15 is 0 Å². The monoisotopic (exact) mass is 641 g/mol. The second-order valence-electron chi connectivity index (χ2n) is 9.28. The number of oxime groups is 1. The number of amides is 3. The minimum Gasteiger partial charge on any atom is -0.477 e. The van der Waals surface area contributed by atoms with E-state index in [0.717, 1.165) is 16.3 Å². The number of thiazole rings is 1. The van der Waals surface area contributed by atoms with Gasteiger partial charge in [0.15, 0.2) is 15.2 Å². The van der Waals surface area contributed by atoms with Crippen LogP contribution in [-0.4, -0.2) is 90.4 Å². The van der Waals surface area contributed by atoms with Gasteiger partial charge in [-0.1, -0.05) is 35.2 Å². The standard InChI is InChI=1S/C23H27N7O7S4/c1-6-23(3,4)37-21(35)26-20-24-12(9-39-20)13(29-36-5)16(31)25-14-17(32)30-15(19(33)34)11(7-38-18(14)30)8-40-22-28-27-10(2)41-22/h9,14,18H,6-8H2,1-5H3,(H,25,31)(H,33,34)(H,24,26,35)/t14?,18-/m1/s1. The molecule has 1 fully saturated rings. The molecule has 0 aliphatic carbocycles. The Morgan fingerprint density at radius 1 is 1.32 bits per heavy atom. The molecule has 220 valence electrons. The number of rotatable bonds is 11. The minimum atomic E-state index is -1.22. The highest BCUT2D eigenvalue weighted by molar-refractivity contribution is 8.01. The smallest absolute Gasteiger partial charge is 0.413 e. The van der Waals surface area contributed by atoms with Gasteiger partial charge in [-0.15, -0.1) is 33.3 Å². The van der Waals surface area contributed by atoms with E-state index in [0.29, 0.717) is 27.8 Å². The van der Waals surface area contributed by atoms with Gasteiger partial charge in [-0.05, 0) is 32.8 Å². The maximum Gasteiger partial charge on any atom is 0.413 e. The van der Waals surface area contributed by atoms with Crippen molar-refractivity contribution in [1.82, 2.24) is 25.4 Å². The number of aryl methyl sites for hydroxylation is 1. The molecule has 0 saturated carbocycles. The summed E-state index contributed by atoms with van der Waals surface area (Å²) in [7, 11) is 1.25. The van der Waals surface area contributed by atoms with Gasteiger partial charge in [-0.25, -0.2) is 14.6 Å². The molecule has 4 heterocycles. The molecule has 18 heteroatoms. The maximum atomic E-state index is 13.2. The molecule has 3 amide bonds. The number of carbonyl (C=O) groups excluding carboxylic acids is 3. The Balaban J connectivity index is 1.43. The first-order valence-electron chi connectivity index (χ1n) is 12.1. The number of aromatic nitrogens is 3. The van der Waals surface area contributed by atoms with Gasteiger partial charge in [0, 0.05) is 16.9 Å². The van der Waals surface area contributed by atoms with Gasteiger partial charge in [0.05, 0.1) is 0 Å². The second-order valence-corrected chi connectivity index (χ2v) is 13.6. The molecule has 2 aliphatic heterocycles. The summed E-state index contributed by atoms with van der Waals surface area (Å²) in [4.78, 5) is 60.8. The molecule has 2 aromatic rings. The van der Waals surface area contributed by atoms with Crippen LogP contribution in [0.4, 0.5) is 9.93 Å². The van der Waals surface area contributed by atoms with Crippen molar-refractivity contribution in [2.75, 3.05) is 23.9 Å². The van der Waals surface area contributed by atoms with Crippen LogP contribution in [0.15, 0.2) is 26.1 Å². The lowest BCUT2D eigenvalue weighted by Crippen LogP contribution is -2.71. The number of carboxylic acid groups (broad SMARTS) is 1. The summed E-state index contributed by atoms with van der Waals surface area (Å²) in [5.41, 5.74) is -0.279. The zero-order valence-electron chi connectivity index (χ0n) is 22.6. The maximum absolute atomic E-state index is 13.2. The van der Waals surface area contributed by atoms with Crippen LogP contribution in [0.3, 0.4) is 0 Å². The molecule has 41 heavy (non-hydrogen) atoms. The highest BCUT2D eigenvalue weighted by atomic mass is 32.2. The number of hydrogen-bond donors (Lipinski definition) is 3. The zero-order valence-corrected chi connectivity index (χ0v) is 25.9. The van der Waals surface area contributed by atoms with Gasteiger partial charge in [0.25, 0.3) is 11.8 Å². The average molecular weight is 642 g/mol. The van der Waals surface area contributed by atoms with E-state index in [1.165, 1.54) is 52.3 Å². The molecule has 4 rings (SSSR count). The molecule has 3 N–H and O–H groups in total. The van der Waals surface area contributed by atoms with E-state index in [9.17, 15) is 24.3 Å². The summed E-state index contributed by atoms with van der Waals surface area (Å²) in [5, 5.41) is 28.7. The molecule has 0 aromatic carbocycles. The molecule has 1 unspecified atom stereocenters. The summed E-state index contributed by atoms with van der Waals surface area (Å²) in [6.07, 6.45) is -0.0839. The van der Waals surface area contributed by atoms with Gasteiger partial charge in [-0.2, -0.15) is 0 Å². The van der Waals surface area contributed by atoms with Crippen LogP contribution in [0.2, 0.25) is 0 Å². The van der Waals surface area contributed by atoms with Gasteiger partial charge in [0.1, 0.15) is 40.5 Å². The first kappa shape index (κ1) is 30.7. The Morgan fingerprint density at radius 3 is 2.71 bits per heavy atom. The lowest BCUT2D eigenvalue weighted by Gasteiger charge is -2.49. The van der Waals surface area contributed by atoms with Crippen molar-refractivity contribution in [3.05, 3.63) is 27.4 Å². The van der Waals surface area contributed by atoms with E-state index in [-0.39, 0.29) is 22.2 Å². The van der Waals surface area contributed by atoms with E-state index in [2.05, 4.69) is 31.0 Å². The Bertz CT molecular complexity index is 1420. The van der Waals surface area contributed by atoms with E-state index in [1.54, 1.807) is 13.8 Å². The third-order valence-electron chi connectivity index (χ3n) is 5.99. The number of fused-ring (bicyclic) bond motifs is 1. The van der Waals surface area contributed by atoms with Crippen molar-refractivity contribution >= 4 is 80.9 Å². The highest BCUT2D eigenvalue weighted by Crippen LogP contribution is 2.41. The van der Waals surface area contributed by atoms with Crippen LogP contribution >= 0.6 is 46.2 Å². The Labute approximate surface area is 251 Å². The minimum absolute atomic E-state index is 0.0860. The van der Waals surface area contributed by atoms with Crippen LogP contribution in [0.5, 0.6) is 0 Å². The van der Waals surface area contributed by atoms with E-state index in [1.807, 2.05) is 13.8 Å². The number of β-lactam (4-membered cyclic amide) rings is 1. The molecular weight excluding hydrogens is 615 g/mol. The summed E-state index contributed by atoms with van der Waals surface area (Å²) in [5.74, 6) is -1.82. The highest BCUT2D eigenvalue weighted by Gasteiger charge is 2.54. The van der Waals surface area contributed by atoms with Crippen LogP contribution < -0.4 is 10.6 Å². The first-order valence-corrected chi connectivity index (χ1v) is 15.9. The SMILES string of the molecule is CCC(C)(C)OC(=O)Nc1nc(C(=NOC)C(=O)NC2C(=O)N3C(C(=O)O)=C(CSc4nnc(C)s4)CS[C@H]23)cs1. The van der Waals surface area contributed by atoms with Gasteiger partial charge in [0.2, 0.25) is 0 Å². The van der Waals surface area contributed by atoms with Crippen LogP contribution in [0.1, 0.15) is 37.9 Å². The topological polar surface area (TPSA) is 185 Å². The van der Waals surface area contributed by atoms with Crippen molar-refractivity contribution < 1.29 is 33.9 Å². The molecule has 14 nitrogen and oxygen atoms in total. The summed E-state index contributed by atoms with van der Waals surface area (Å²) in [6, 6.07) is -0.980. The molecule has 2 atom stereocenters. The molecular formula is C23H27N7O7S4. The van der Waals surface area contributed by atoms with Gasteiger partial charge in [-0.3, -0.25) is 19.8 Å². The van der Waals surface area contributed by atoms with Crippen molar-refractivity contribution in [2.24, 2.45) is 5.16 Å². The average Bonchev–Trinajstić information content (AvgIpc) is 3.56. The van der Waals surface area contributed by atoms with Crippen molar-refractivity contribution in [1.29, 1.82) is 0 Å².